The van der Waals surface area contributed by atoms with Crippen LogP contribution in [-0.2, 0) is 0 Å². The monoisotopic (exact) mass is 430 g/mol. The second-order valence-corrected chi connectivity index (χ2v) is 8.01. The summed E-state index contributed by atoms with van der Waals surface area (Å²) in [4.78, 5) is 17.0. The van der Waals surface area contributed by atoms with Crippen molar-refractivity contribution in [2.45, 2.75) is 13.8 Å². The molecule has 0 aliphatic carbocycles. The van der Waals surface area contributed by atoms with Crippen molar-refractivity contribution in [3.8, 4) is 17.0 Å². The zero-order valence-electron chi connectivity index (χ0n) is 14.5. The SMILES string of the molecule is CC(C)COc1cccc(C(=O)Nc2nc(-c3ccc(Br)cc3)cs2)c1. The summed E-state index contributed by atoms with van der Waals surface area (Å²) in [6, 6.07) is 15.1. The lowest BCUT2D eigenvalue weighted by Crippen LogP contribution is -2.12. The average Bonchev–Trinajstić information content (AvgIpc) is 3.09. The van der Waals surface area contributed by atoms with Crippen molar-refractivity contribution in [3.63, 3.8) is 0 Å². The van der Waals surface area contributed by atoms with Gasteiger partial charge < -0.3 is 4.74 Å². The highest BCUT2D eigenvalue weighted by Gasteiger charge is 2.11. The number of aromatic nitrogens is 1. The molecule has 0 atom stereocenters. The molecule has 1 amide bonds. The molecule has 0 unspecified atom stereocenters. The lowest BCUT2D eigenvalue weighted by molar-refractivity contribution is 0.102. The largest absolute Gasteiger partial charge is 0.493 e. The van der Waals surface area contributed by atoms with E-state index in [2.05, 4.69) is 40.1 Å². The zero-order valence-corrected chi connectivity index (χ0v) is 16.9. The Morgan fingerprint density at radius 3 is 2.73 bits per heavy atom. The summed E-state index contributed by atoms with van der Waals surface area (Å²) in [6.07, 6.45) is 0. The predicted molar refractivity (Wildman–Crippen MR) is 110 cm³/mol. The van der Waals surface area contributed by atoms with Gasteiger partial charge in [0.1, 0.15) is 5.75 Å². The number of hydrogen-bond acceptors (Lipinski definition) is 4. The maximum atomic E-state index is 12.5. The number of benzene rings is 2. The minimum Gasteiger partial charge on any atom is -0.493 e. The van der Waals surface area contributed by atoms with Crippen LogP contribution in [0.4, 0.5) is 5.13 Å². The van der Waals surface area contributed by atoms with Gasteiger partial charge in [-0.15, -0.1) is 11.3 Å². The van der Waals surface area contributed by atoms with Crippen LogP contribution in [0.1, 0.15) is 24.2 Å². The number of ether oxygens (including phenoxy) is 1. The Kier molecular flexibility index (Phi) is 6.06. The van der Waals surface area contributed by atoms with E-state index in [1.807, 2.05) is 41.8 Å². The highest BCUT2D eigenvalue weighted by atomic mass is 79.9. The van der Waals surface area contributed by atoms with Crippen LogP contribution in [0.5, 0.6) is 5.75 Å². The van der Waals surface area contributed by atoms with Crippen LogP contribution in [0, 0.1) is 5.92 Å². The van der Waals surface area contributed by atoms with Crippen molar-refractivity contribution in [2.75, 3.05) is 11.9 Å². The Bertz CT molecular complexity index is 891. The summed E-state index contributed by atoms with van der Waals surface area (Å²) in [6.45, 7) is 4.79. The molecule has 0 saturated heterocycles. The topological polar surface area (TPSA) is 51.2 Å². The molecule has 0 bridgehead atoms. The molecule has 0 aliphatic heterocycles. The minimum atomic E-state index is -0.197. The Labute approximate surface area is 165 Å². The first-order valence-electron chi connectivity index (χ1n) is 8.27. The summed E-state index contributed by atoms with van der Waals surface area (Å²) in [5.74, 6) is 0.928. The van der Waals surface area contributed by atoms with Gasteiger partial charge in [-0.05, 0) is 36.2 Å². The van der Waals surface area contributed by atoms with Gasteiger partial charge in [-0.1, -0.05) is 48.0 Å². The Morgan fingerprint density at radius 1 is 1.23 bits per heavy atom. The van der Waals surface area contributed by atoms with E-state index in [0.29, 0.717) is 29.0 Å². The number of nitrogens with zero attached hydrogens (tertiary/aromatic N) is 1. The molecule has 26 heavy (non-hydrogen) atoms. The van der Waals surface area contributed by atoms with Gasteiger partial charge in [0.25, 0.3) is 5.91 Å². The van der Waals surface area contributed by atoms with Crippen LogP contribution in [0.15, 0.2) is 58.4 Å². The van der Waals surface area contributed by atoms with Crippen LogP contribution < -0.4 is 10.1 Å². The fraction of sp³-hybridized carbons (Fsp3) is 0.200. The third kappa shape index (κ3) is 4.93. The molecule has 0 radical (unpaired) electrons. The number of nitrogens with one attached hydrogen (secondary N) is 1. The van der Waals surface area contributed by atoms with E-state index >= 15 is 0 Å². The molecule has 2 aromatic carbocycles. The van der Waals surface area contributed by atoms with Gasteiger partial charge in [-0.3, -0.25) is 10.1 Å². The third-order valence-corrected chi connectivity index (χ3v) is 4.83. The Morgan fingerprint density at radius 2 is 2.00 bits per heavy atom. The number of halogens is 1. The van der Waals surface area contributed by atoms with Crippen molar-refractivity contribution in [1.29, 1.82) is 0 Å². The number of hydrogen-bond donors (Lipinski definition) is 1. The van der Waals surface area contributed by atoms with Crippen molar-refractivity contribution in [3.05, 3.63) is 63.9 Å². The standard InChI is InChI=1S/C20H19BrN2O2S/c1-13(2)11-25-17-5-3-4-15(10-17)19(24)23-20-22-18(12-26-20)14-6-8-16(21)9-7-14/h3-10,12-13H,11H2,1-2H3,(H,22,23,24). The van der Waals surface area contributed by atoms with E-state index < -0.39 is 0 Å². The van der Waals surface area contributed by atoms with Crippen LogP contribution in [0.25, 0.3) is 11.3 Å². The normalized spacial score (nSPS) is 10.8. The molecule has 6 heteroatoms. The highest BCUT2D eigenvalue weighted by Crippen LogP contribution is 2.26. The summed E-state index contributed by atoms with van der Waals surface area (Å²) in [7, 11) is 0. The fourth-order valence-corrected chi connectivity index (χ4v) is 3.22. The van der Waals surface area contributed by atoms with Crippen molar-refractivity contribution in [2.24, 2.45) is 5.92 Å². The number of thiazole rings is 1. The quantitative estimate of drug-likeness (QED) is 0.532. The number of rotatable bonds is 6. The first kappa shape index (κ1) is 18.6. The molecule has 3 aromatic rings. The number of anilines is 1. The molecule has 0 fully saturated rings. The lowest BCUT2D eigenvalue weighted by atomic mass is 10.2. The van der Waals surface area contributed by atoms with Gasteiger partial charge in [0, 0.05) is 21.0 Å². The van der Waals surface area contributed by atoms with E-state index in [4.69, 9.17) is 4.74 Å². The summed E-state index contributed by atoms with van der Waals surface area (Å²) < 4.78 is 6.70. The maximum absolute atomic E-state index is 12.5. The Hall–Kier alpha value is -2.18. The van der Waals surface area contributed by atoms with Crippen LogP contribution in [-0.4, -0.2) is 17.5 Å². The first-order valence-corrected chi connectivity index (χ1v) is 9.94. The van der Waals surface area contributed by atoms with Crippen LogP contribution in [0.3, 0.4) is 0 Å². The first-order chi connectivity index (χ1) is 12.5. The zero-order chi connectivity index (χ0) is 18.5. The third-order valence-electron chi connectivity index (χ3n) is 3.54. The molecule has 1 heterocycles. The molecular formula is C20H19BrN2O2S. The molecule has 1 aromatic heterocycles. The Balaban J connectivity index is 1.68. The molecule has 134 valence electrons. The number of carbonyl (C=O) groups excluding carboxylic acids is 1. The molecule has 4 nitrogen and oxygen atoms in total. The summed E-state index contributed by atoms with van der Waals surface area (Å²) in [5.41, 5.74) is 2.40. The molecule has 0 saturated carbocycles. The molecule has 0 aliphatic rings. The van der Waals surface area contributed by atoms with Crippen molar-refractivity contribution >= 4 is 38.3 Å². The van der Waals surface area contributed by atoms with E-state index in [-0.39, 0.29) is 5.91 Å². The fourth-order valence-electron chi connectivity index (χ4n) is 2.24. The van der Waals surface area contributed by atoms with Crippen LogP contribution in [0.2, 0.25) is 0 Å². The van der Waals surface area contributed by atoms with Gasteiger partial charge in [0.05, 0.1) is 12.3 Å². The molecule has 1 N–H and O–H groups in total. The number of carbonyl (C=O) groups is 1. The van der Waals surface area contributed by atoms with E-state index in [0.717, 1.165) is 15.7 Å². The van der Waals surface area contributed by atoms with Gasteiger partial charge in [-0.25, -0.2) is 4.98 Å². The minimum absolute atomic E-state index is 0.197. The molecular weight excluding hydrogens is 412 g/mol. The average molecular weight is 431 g/mol. The summed E-state index contributed by atoms with van der Waals surface area (Å²) >= 11 is 4.83. The smallest absolute Gasteiger partial charge is 0.257 e. The number of amides is 1. The van der Waals surface area contributed by atoms with Gasteiger partial charge in [0.15, 0.2) is 5.13 Å². The molecule has 0 spiro atoms. The lowest BCUT2D eigenvalue weighted by Gasteiger charge is -2.09. The van der Waals surface area contributed by atoms with Gasteiger partial charge >= 0.3 is 0 Å². The second kappa shape index (κ2) is 8.47. The second-order valence-electron chi connectivity index (χ2n) is 6.23. The van der Waals surface area contributed by atoms with E-state index in [1.165, 1.54) is 11.3 Å². The molecule has 3 rings (SSSR count). The van der Waals surface area contributed by atoms with Gasteiger partial charge in [0.2, 0.25) is 0 Å². The van der Waals surface area contributed by atoms with Crippen molar-refractivity contribution < 1.29 is 9.53 Å². The summed E-state index contributed by atoms with van der Waals surface area (Å²) in [5, 5.41) is 5.36. The van der Waals surface area contributed by atoms with E-state index in [9.17, 15) is 4.79 Å². The van der Waals surface area contributed by atoms with E-state index in [1.54, 1.807) is 12.1 Å². The predicted octanol–water partition coefficient (Wildman–Crippen LogP) is 5.86. The van der Waals surface area contributed by atoms with Crippen LogP contribution >= 0.6 is 27.3 Å². The van der Waals surface area contributed by atoms with Gasteiger partial charge in [-0.2, -0.15) is 0 Å². The van der Waals surface area contributed by atoms with Crippen molar-refractivity contribution in [1.82, 2.24) is 4.98 Å². The highest BCUT2D eigenvalue weighted by molar-refractivity contribution is 9.10. The maximum Gasteiger partial charge on any atom is 0.257 e.